The second-order valence-corrected chi connectivity index (χ2v) is 4.60. The van der Waals surface area contributed by atoms with Crippen molar-refractivity contribution in [2.45, 2.75) is 10.7 Å². The Hall–Kier alpha value is 0.250. The number of hydrogen-bond acceptors (Lipinski definition) is 0. The van der Waals surface area contributed by atoms with Crippen molar-refractivity contribution in [2.75, 3.05) is 0 Å². The molecule has 0 radical (unpaired) electrons. The molecular formula is C7H8BrCl. The van der Waals surface area contributed by atoms with Gasteiger partial charge in [0.15, 0.2) is 0 Å². The van der Waals surface area contributed by atoms with Crippen molar-refractivity contribution in [1.29, 1.82) is 0 Å². The van der Waals surface area contributed by atoms with Crippen LogP contribution in [0, 0.1) is 5.92 Å². The molecule has 0 saturated carbocycles. The van der Waals surface area contributed by atoms with Gasteiger partial charge in [-0.25, -0.2) is 0 Å². The van der Waals surface area contributed by atoms with Gasteiger partial charge in [-0.3, -0.25) is 0 Å². The first-order valence-electron chi connectivity index (χ1n) is 2.87. The minimum absolute atomic E-state index is 0.345. The smallest absolute Gasteiger partial charge is 0.101 e. The van der Waals surface area contributed by atoms with Gasteiger partial charge < -0.3 is 0 Å². The van der Waals surface area contributed by atoms with E-state index in [1.54, 1.807) is 0 Å². The van der Waals surface area contributed by atoms with Crippen LogP contribution in [0.5, 0.6) is 0 Å². The molecule has 0 amide bonds. The third-order valence-electron chi connectivity index (χ3n) is 1.44. The summed E-state index contributed by atoms with van der Waals surface area (Å²) in [4.78, 5) is 0. The lowest BCUT2D eigenvalue weighted by Gasteiger charge is -2.22. The van der Waals surface area contributed by atoms with Gasteiger partial charge in [0, 0.05) is 5.92 Å². The molecule has 0 bridgehead atoms. The van der Waals surface area contributed by atoms with Gasteiger partial charge in [-0.05, 0) is 0 Å². The quantitative estimate of drug-likeness (QED) is 0.536. The first-order valence-corrected chi connectivity index (χ1v) is 4.04. The highest BCUT2D eigenvalue weighted by Crippen LogP contribution is 2.36. The average Bonchev–Trinajstić information content (AvgIpc) is 1.77. The Morgan fingerprint density at radius 1 is 1.56 bits per heavy atom. The predicted molar refractivity (Wildman–Crippen MR) is 45.0 cm³/mol. The van der Waals surface area contributed by atoms with Crippen LogP contribution in [0.2, 0.25) is 0 Å². The van der Waals surface area contributed by atoms with Gasteiger partial charge in [0.05, 0.1) is 0 Å². The molecule has 0 aromatic rings. The Morgan fingerprint density at radius 2 is 2.22 bits per heavy atom. The Morgan fingerprint density at radius 3 is 2.56 bits per heavy atom. The van der Waals surface area contributed by atoms with E-state index in [0.717, 1.165) is 0 Å². The molecule has 2 atom stereocenters. The highest BCUT2D eigenvalue weighted by atomic mass is 79.9. The van der Waals surface area contributed by atoms with Crippen molar-refractivity contribution < 1.29 is 0 Å². The molecule has 2 unspecified atom stereocenters. The summed E-state index contributed by atoms with van der Waals surface area (Å²) in [7, 11) is 0. The zero-order valence-corrected chi connectivity index (χ0v) is 7.48. The fourth-order valence-electron chi connectivity index (χ4n) is 0.695. The van der Waals surface area contributed by atoms with E-state index in [-0.39, 0.29) is 3.78 Å². The largest absolute Gasteiger partial charge is 0.123 e. The molecule has 0 heterocycles. The normalized spacial score (nSPS) is 41.4. The van der Waals surface area contributed by atoms with E-state index in [9.17, 15) is 0 Å². The van der Waals surface area contributed by atoms with E-state index in [1.165, 1.54) is 0 Å². The molecule has 0 fully saturated rings. The summed E-state index contributed by atoms with van der Waals surface area (Å²) in [6.45, 7) is 2.07. The highest BCUT2D eigenvalue weighted by molar-refractivity contribution is 9.10. The Balaban J connectivity index is 2.78. The molecule has 0 N–H and O–H groups in total. The predicted octanol–water partition coefficient (Wildman–Crippen LogP) is 3.08. The van der Waals surface area contributed by atoms with Crippen molar-refractivity contribution in [2.24, 2.45) is 5.92 Å². The summed E-state index contributed by atoms with van der Waals surface area (Å²) in [5.74, 6) is 0.365. The summed E-state index contributed by atoms with van der Waals surface area (Å²) in [6, 6.07) is 0. The molecule has 1 aliphatic carbocycles. The highest BCUT2D eigenvalue weighted by Gasteiger charge is 2.26. The Labute approximate surface area is 68.7 Å². The second kappa shape index (κ2) is 2.47. The van der Waals surface area contributed by atoms with Crippen LogP contribution in [0.25, 0.3) is 0 Å². The van der Waals surface area contributed by atoms with E-state index >= 15 is 0 Å². The number of allylic oxidation sites excluding steroid dienone is 4. The van der Waals surface area contributed by atoms with E-state index in [0.29, 0.717) is 5.92 Å². The molecule has 50 valence electrons. The van der Waals surface area contributed by atoms with Crippen LogP contribution in [0.4, 0.5) is 0 Å². The molecule has 0 aromatic heterocycles. The second-order valence-electron chi connectivity index (χ2n) is 2.21. The summed E-state index contributed by atoms with van der Waals surface area (Å²) < 4.78 is -0.345. The van der Waals surface area contributed by atoms with Crippen LogP contribution in [-0.4, -0.2) is 3.78 Å². The first kappa shape index (κ1) is 7.36. The summed E-state index contributed by atoms with van der Waals surface area (Å²) in [5.41, 5.74) is 0. The van der Waals surface area contributed by atoms with Crippen LogP contribution in [0.15, 0.2) is 24.3 Å². The monoisotopic (exact) mass is 206 g/mol. The van der Waals surface area contributed by atoms with Crippen molar-refractivity contribution in [3.05, 3.63) is 24.3 Å². The van der Waals surface area contributed by atoms with Crippen LogP contribution in [0.3, 0.4) is 0 Å². The summed E-state index contributed by atoms with van der Waals surface area (Å²) in [5, 5.41) is 0. The number of alkyl halides is 2. The van der Waals surface area contributed by atoms with Gasteiger partial charge in [0.1, 0.15) is 3.78 Å². The van der Waals surface area contributed by atoms with E-state index in [1.807, 2.05) is 18.2 Å². The minimum atomic E-state index is -0.345. The molecule has 0 aliphatic heterocycles. The van der Waals surface area contributed by atoms with Crippen molar-refractivity contribution >= 4 is 27.5 Å². The van der Waals surface area contributed by atoms with Gasteiger partial charge in [-0.15, -0.1) is 11.6 Å². The zero-order valence-electron chi connectivity index (χ0n) is 5.14. The number of halogens is 2. The summed E-state index contributed by atoms with van der Waals surface area (Å²) in [6.07, 6.45) is 7.97. The molecule has 0 aromatic carbocycles. The van der Waals surface area contributed by atoms with Gasteiger partial charge >= 0.3 is 0 Å². The molecule has 0 saturated heterocycles. The average molecular weight is 207 g/mol. The lowest BCUT2D eigenvalue weighted by molar-refractivity contribution is 0.714. The first-order chi connectivity index (χ1) is 4.13. The fraction of sp³-hybridized carbons (Fsp3) is 0.429. The lowest BCUT2D eigenvalue weighted by Crippen LogP contribution is -2.19. The van der Waals surface area contributed by atoms with E-state index < -0.39 is 0 Å². The zero-order chi connectivity index (χ0) is 6.91. The summed E-state index contributed by atoms with van der Waals surface area (Å²) >= 11 is 9.39. The van der Waals surface area contributed by atoms with Gasteiger partial charge in [-0.2, -0.15) is 0 Å². The standard InChI is InChI=1S/C7H8BrCl/c1-6-4-2-3-5-7(6,8)9/h2-6H,1H3. The molecule has 0 spiro atoms. The van der Waals surface area contributed by atoms with Crippen molar-refractivity contribution in [1.82, 2.24) is 0 Å². The molecular weight excluding hydrogens is 199 g/mol. The Bertz CT molecular complexity index is 158. The third kappa shape index (κ3) is 1.59. The number of hydrogen-bond donors (Lipinski definition) is 0. The third-order valence-corrected chi connectivity index (χ3v) is 2.89. The minimum Gasteiger partial charge on any atom is -0.101 e. The van der Waals surface area contributed by atoms with E-state index in [4.69, 9.17) is 11.6 Å². The van der Waals surface area contributed by atoms with Crippen LogP contribution < -0.4 is 0 Å². The van der Waals surface area contributed by atoms with Crippen LogP contribution >= 0.6 is 27.5 Å². The van der Waals surface area contributed by atoms with Crippen molar-refractivity contribution in [3.8, 4) is 0 Å². The van der Waals surface area contributed by atoms with Crippen LogP contribution in [0.1, 0.15) is 6.92 Å². The maximum absolute atomic E-state index is 6.00. The molecule has 9 heavy (non-hydrogen) atoms. The van der Waals surface area contributed by atoms with Crippen LogP contribution in [-0.2, 0) is 0 Å². The maximum atomic E-state index is 6.00. The maximum Gasteiger partial charge on any atom is 0.123 e. The fourth-order valence-corrected chi connectivity index (χ4v) is 1.15. The molecule has 0 nitrogen and oxygen atoms in total. The van der Waals surface area contributed by atoms with Crippen molar-refractivity contribution in [3.63, 3.8) is 0 Å². The lowest BCUT2D eigenvalue weighted by atomic mass is 10.0. The van der Waals surface area contributed by atoms with Gasteiger partial charge in [0.25, 0.3) is 0 Å². The van der Waals surface area contributed by atoms with E-state index in [2.05, 4.69) is 28.9 Å². The number of rotatable bonds is 0. The Kier molecular flexibility index (Phi) is 2.02. The van der Waals surface area contributed by atoms with Gasteiger partial charge in [0.2, 0.25) is 0 Å². The molecule has 1 aliphatic rings. The molecule has 1 rings (SSSR count). The van der Waals surface area contributed by atoms with Gasteiger partial charge in [-0.1, -0.05) is 47.2 Å². The molecule has 2 heteroatoms. The topological polar surface area (TPSA) is 0 Å². The SMILES string of the molecule is CC1C=CC=CC1(Cl)Br.